The highest BCUT2D eigenvalue weighted by atomic mass is 16.2. The third-order valence-electron chi connectivity index (χ3n) is 6.06. The second kappa shape index (κ2) is 7.11. The van der Waals surface area contributed by atoms with Crippen LogP contribution in [0.4, 0.5) is 4.79 Å². The highest BCUT2D eigenvalue weighted by Crippen LogP contribution is 2.36. The van der Waals surface area contributed by atoms with Gasteiger partial charge in [-0.2, -0.15) is 0 Å². The van der Waals surface area contributed by atoms with Crippen LogP contribution >= 0.6 is 0 Å². The van der Waals surface area contributed by atoms with Crippen LogP contribution in [0, 0.1) is 0 Å². The normalized spacial score (nSPS) is 26.2. The minimum Gasteiger partial charge on any atom is -0.335 e. The minimum atomic E-state index is 0.0942. The van der Waals surface area contributed by atoms with Gasteiger partial charge in [0.1, 0.15) is 6.33 Å². The lowest BCUT2D eigenvalue weighted by Crippen LogP contribution is -2.45. The summed E-state index contributed by atoms with van der Waals surface area (Å²) in [6.07, 6.45) is 15.0. The average molecular weight is 331 g/mol. The summed E-state index contributed by atoms with van der Waals surface area (Å²) in [4.78, 5) is 14.8. The van der Waals surface area contributed by atoms with Crippen LogP contribution in [-0.2, 0) is 0 Å². The van der Waals surface area contributed by atoms with Crippen LogP contribution in [0.25, 0.3) is 0 Å². The van der Waals surface area contributed by atoms with Crippen molar-refractivity contribution in [3.63, 3.8) is 0 Å². The zero-order valence-electron chi connectivity index (χ0n) is 14.5. The molecule has 6 nitrogen and oxygen atoms in total. The molecule has 24 heavy (non-hydrogen) atoms. The van der Waals surface area contributed by atoms with Crippen molar-refractivity contribution >= 4 is 6.03 Å². The Balaban J connectivity index is 1.46. The van der Waals surface area contributed by atoms with E-state index >= 15 is 0 Å². The molecule has 2 amide bonds. The second-order valence-corrected chi connectivity index (χ2v) is 7.67. The lowest BCUT2D eigenvalue weighted by Gasteiger charge is -2.29. The zero-order valence-corrected chi connectivity index (χ0v) is 14.5. The Hall–Kier alpha value is -1.59. The van der Waals surface area contributed by atoms with Crippen LogP contribution < -0.4 is 5.32 Å². The number of likely N-dealkylation sites (tertiary alicyclic amines) is 1. The molecular weight excluding hydrogens is 302 g/mol. The molecule has 1 saturated heterocycles. The van der Waals surface area contributed by atoms with Crippen LogP contribution in [0.3, 0.4) is 0 Å². The first-order valence-corrected chi connectivity index (χ1v) is 9.79. The summed E-state index contributed by atoms with van der Waals surface area (Å²) in [5.74, 6) is 0.998. The van der Waals surface area contributed by atoms with E-state index in [-0.39, 0.29) is 12.1 Å². The van der Waals surface area contributed by atoms with E-state index < -0.39 is 0 Å². The number of aromatic nitrogens is 3. The highest BCUT2D eigenvalue weighted by Gasteiger charge is 2.35. The highest BCUT2D eigenvalue weighted by molar-refractivity contribution is 5.75. The maximum absolute atomic E-state index is 12.8. The van der Waals surface area contributed by atoms with Crippen molar-refractivity contribution in [2.75, 3.05) is 6.54 Å². The molecule has 132 valence electrons. The number of carbonyl (C=O) groups is 1. The standard InChI is InChI=1S/C18H29N5O/c24-18(20-14-7-2-1-3-8-14)22-12-6-11-16(22)17-21-19-13-23(17)15-9-4-5-10-15/h13-16H,1-12H2,(H,20,24). The van der Waals surface area contributed by atoms with Gasteiger partial charge in [0.15, 0.2) is 5.82 Å². The van der Waals surface area contributed by atoms with Crippen LogP contribution in [0.15, 0.2) is 6.33 Å². The van der Waals surface area contributed by atoms with Crippen molar-refractivity contribution in [1.29, 1.82) is 0 Å². The maximum Gasteiger partial charge on any atom is 0.318 e. The van der Waals surface area contributed by atoms with E-state index in [2.05, 4.69) is 20.1 Å². The molecule has 0 aromatic carbocycles. The summed E-state index contributed by atoms with van der Waals surface area (Å²) < 4.78 is 2.25. The Morgan fingerprint density at radius 1 is 1.00 bits per heavy atom. The number of amides is 2. The molecule has 4 rings (SSSR count). The second-order valence-electron chi connectivity index (χ2n) is 7.67. The first-order chi connectivity index (χ1) is 11.8. The molecule has 0 spiro atoms. The quantitative estimate of drug-likeness (QED) is 0.921. The summed E-state index contributed by atoms with van der Waals surface area (Å²) in [5.41, 5.74) is 0. The van der Waals surface area contributed by atoms with Crippen LogP contribution in [0.5, 0.6) is 0 Å². The minimum absolute atomic E-state index is 0.0942. The van der Waals surface area contributed by atoms with E-state index in [9.17, 15) is 4.79 Å². The van der Waals surface area contributed by atoms with Gasteiger partial charge in [-0.15, -0.1) is 10.2 Å². The number of hydrogen-bond acceptors (Lipinski definition) is 3. The van der Waals surface area contributed by atoms with Crippen molar-refractivity contribution in [2.45, 2.75) is 88.8 Å². The van der Waals surface area contributed by atoms with Crippen LogP contribution in [-0.4, -0.2) is 38.3 Å². The average Bonchev–Trinajstić information content (AvgIpc) is 3.34. The Bertz CT molecular complexity index is 560. The number of urea groups is 1. The van der Waals surface area contributed by atoms with Gasteiger partial charge in [-0.05, 0) is 38.5 Å². The summed E-state index contributed by atoms with van der Waals surface area (Å²) in [7, 11) is 0. The first-order valence-electron chi connectivity index (χ1n) is 9.79. The van der Waals surface area contributed by atoms with Gasteiger partial charge < -0.3 is 14.8 Å². The van der Waals surface area contributed by atoms with Crippen molar-refractivity contribution in [1.82, 2.24) is 25.0 Å². The number of nitrogens with zero attached hydrogens (tertiary/aromatic N) is 4. The van der Waals surface area contributed by atoms with Crippen molar-refractivity contribution in [3.05, 3.63) is 12.2 Å². The number of carbonyl (C=O) groups excluding carboxylic acids is 1. The van der Waals surface area contributed by atoms with Gasteiger partial charge in [0.05, 0.1) is 6.04 Å². The summed E-state index contributed by atoms with van der Waals surface area (Å²) in [6, 6.07) is 1.08. The number of nitrogens with one attached hydrogen (secondary N) is 1. The molecule has 0 bridgehead atoms. The molecule has 2 aliphatic carbocycles. The van der Waals surface area contributed by atoms with E-state index in [1.54, 1.807) is 0 Å². The molecule has 2 saturated carbocycles. The molecule has 0 radical (unpaired) electrons. The molecule has 1 aromatic rings. The predicted octanol–water partition coefficient (Wildman–Crippen LogP) is 3.57. The van der Waals surface area contributed by atoms with Gasteiger partial charge in [-0.3, -0.25) is 0 Å². The fourth-order valence-corrected chi connectivity index (χ4v) is 4.74. The van der Waals surface area contributed by atoms with E-state index in [1.807, 2.05) is 11.2 Å². The van der Waals surface area contributed by atoms with Gasteiger partial charge in [0.2, 0.25) is 0 Å². The lowest BCUT2D eigenvalue weighted by atomic mass is 9.96. The molecule has 3 fully saturated rings. The van der Waals surface area contributed by atoms with Gasteiger partial charge in [-0.1, -0.05) is 32.1 Å². The molecule has 2 heterocycles. The maximum atomic E-state index is 12.8. The number of rotatable bonds is 3. The Kier molecular flexibility index (Phi) is 4.72. The Labute approximate surface area is 144 Å². The molecule has 1 aromatic heterocycles. The molecule has 1 atom stereocenters. The smallest absolute Gasteiger partial charge is 0.318 e. The molecule has 1 unspecified atom stereocenters. The molecule has 6 heteroatoms. The van der Waals surface area contributed by atoms with Gasteiger partial charge in [0.25, 0.3) is 0 Å². The summed E-state index contributed by atoms with van der Waals surface area (Å²) in [5, 5.41) is 11.9. The van der Waals surface area contributed by atoms with Crippen molar-refractivity contribution < 1.29 is 4.79 Å². The fraction of sp³-hybridized carbons (Fsp3) is 0.833. The molecule has 1 N–H and O–H groups in total. The molecule has 1 aliphatic heterocycles. The van der Waals surface area contributed by atoms with E-state index in [1.165, 1.54) is 44.9 Å². The molecular formula is C18H29N5O. The largest absolute Gasteiger partial charge is 0.335 e. The SMILES string of the molecule is O=C(NC1CCCCC1)N1CCCC1c1nncn1C1CCCC1. The van der Waals surface area contributed by atoms with Gasteiger partial charge in [0, 0.05) is 18.6 Å². The third kappa shape index (κ3) is 3.15. The third-order valence-corrected chi connectivity index (χ3v) is 6.06. The van der Waals surface area contributed by atoms with E-state index in [0.717, 1.165) is 38.1 Å². The van der Waals surface area contributed by atoms with Gasteiger partial charge in [-0.25, -0.2) is 4.79 Å². The lowest BCUT2D eigenvalue weighted by molar-refractivity contribution is 0.181. The zero-order chi connectivity index (χ0) is 16.4. The predicted molar refractivity (Wildman–Crippen MR) is 91.6 cm³/mol. The summed E-state index contributed by atoms with van der Waals surface area (Å²) in [6.45, 7) is 0.834. The van der Waals surface area contributed by atoms with Crippen LogP contribution in [0.1, 0.15) is 88.5 Å². The van der Waals surface area contributed by atoms with Crippen molar-refractivity contribution in [3.8, 4) is 0 Å². The first kappa shape index (κ1) is 15.9. The Morgan fingerprint density at radius 3 is 2.54 bits per heavy atom. The van der Waals surface area contributed by atoms with Crippen LogP contribution in [0.2, 0.25) is 0 Å². The van der Waals surface area contributed by atoms with E-state index in [4.69, 9.17) is 0 Å². The monoisotopic (exact) mass is 331 g/mol. The fourth-order valence-electron chi connectivity index (χ4n) is 4.74. The van der Waals surface area contributed by atoms with E-state index in [0.29, 0.717) is 12.1 Å². The topological polar surface area (TPSA) is 63.1 Å². The van der Waals surface area contributed by atoms with Gasteiger partial charge >= 0.3 is 6.03 Å². The Morgan fingerprint density at radius 2 is 1.75 bits per heavy atom. The molecule has 3 aliphatic rings. The van der Waals surface area contributed by atoms with Crippen molar-refractivity contribution in [2.24, 2.45) is 0 Å². The number of hydrogen-bond donors (Lipinski definition) is 1. The summed E-state index contributed by atoms with van der Waals surface area (Å²) >= 11 is 0.